The minimum absolute atomic E-state index is 0.281. The number of ether oxygens (including phenoxy) is 1. The van der Waals surface area contributed by atoms with Crippen LogP contribution in [-0.4, -0.2) is 18.1 Å². The summed E-state index contributed by atoms with van der Waals surface area (Å²) in [6.45, 7) is 2.19. The number of aromatic nitrogens is 1. The number of nitrogens with zero attached hydrogens (tertiary/aromatic N) is 2. The molecule has 0 amide bonds. The van der Waals surface area contributed by atoms with Crippen LogP contribution in [-0.2, 0) is 17.6 Å². The predicted molar refractivity (Wildman–Crippen MR) is 95.9 cm³/mol. The van der Waals surface area contributed by atoms with Crippen molar-refractivity contribution in [1.82, 2.24) is 4.98 Å². The number of hydrogen-bond donors (Lipinski definition) is 1. The van der Waals surface area contributed by atoms with Gasteiger partial charge in [0.1, 0.15) is 17.5 Å². The molecular weight excluding hydrogens is 314 g/mol. The van der Waals surface area contributed by atoms with Gasteiger partial charge in [-0.1, -0.05) is 25.5 Å². The Balaban J connectivity index is 2.16. The first kappa shape index (κ1) is 17.0. The van der Waals surface area contributed by atoms with Gasteiger partial charge in [-0.15, -0.1) is 0 Å². The Morgan fingerprint density at radius 1 is 1.40 bits per heavy atom. The van der Waals surface area contributed by atoms with Crippen molar-refractivity contribution in [3.63, 3.8) is 0 Å². The number of pyridine rings is 1. The van der Waals surface area contributed by atoms with Gasteiger partial charge in [-0.25, -0.2) is 9.78 Å². The number of nitriles is 1. The molecule has 1 unspecified atom stereocenters. The van der Waals surface area contributed by atoms with E-state index in [4.69, 9.17) is 10.5 Å². The Morgan fingerprint density at radius 2 is 2.12 bits per heavy atom. The Bertz CT molecular complexity index is 851. The molecule has 0 saturated carbocycles. The van der Waals surface area contributed by atoms with Crippen LogP contribution in [0.4, 0.5) is 5.82 Å². The Morgan fingerprint density at radius 3 is 2.72 bits per heavy atom. The topological polar surface area (TPSA) is 89.0 Å². The van der Waals surface area contributed by atoms with Crippen LogP contribution >= 0.6 is 0 Å². The second-order valence-electron chi connectivity index (χ2n) is 6.37. The van der Waals surface area contributed by atoms with Gasteiger partial charge in [0.2, 0.25) is 0 Å². The summed E-state index contributed by atoms with van der Waals surface area (Å²) in [5.74, 6) is 0.496. The lowest BCUT2D eigenvalue weighted by atomic mass is 9.80. The fourth-order valence-corrected chi connectivity index (χ4v) is 3.52. The molecule has 1 aromatic carbocycles. The van der Waals surface area contributed by atoms with Gasteiger partial charge >= 0.3 is 5.97 Å². The Kier molecular flexibility index (Phi) is 4.71. The predicted octanol–water partition coefficient (Wildman–Crippen LogP) is 3.50. The quantitative estimate of drug-likeness (QED) is 0.867. The number of nitrogens with two attached hydrogens (primary N) is 1. The first-order valence-corrected chi connectivity index (χ1v) is 8.49. The van der Waals surface area contributed by atoms with Gasteiger partial charge in [0.05, 0.1) is 12.7 Å². The van der Waals surface area contributed by atoms with Crippen molar-refractivity contribution in [3.05, 3.63) is 46.6 Å². The normalized spacial score (nSPS) is 16.0. The van der Waals surface area contributed by atoms with E-state index in [0.29, 0.717) is 17.0 Å². The molecule has 128 valence electrons. The largest absolute Gasteiger partial charge is 0.465 e. The summed E-state index contributed by atoms with van der Waals surface area (Å²) in [6.07, 6.45) is 3.99. The van der Waals surface area contributed by atoms with Crippen LogP contribution in [0.15, 0.2) is 24.3 Å². The molecule has 0 aliphatic heterocycles. The molecule has 0 saturated heterocycles. The zero-order valence-electron chi connectivity index (χ0n) is 14.5. The number of nitrogen functional groups attached to an aromatic ring is 1. The molecule has 5 heteroatoms. The highest BCUT2D eigenvalue weighted by Gasteiger charge is 2.25. The Labute approximate surface area is 147 Å². The molecule has 0 fully saturated rings. The smallest absolute Gasteiger partial charge is 0.337 e. The third-order valence-electron chi connectivity index (χ3n) is 4.98. The summed E-state index contributed by atoms with van der Waals surface area (Å²) in [6, 6.07) is 9.33. The van der Waals surface area contributed by atoms with E-state index < -0.39 is 0 Å². The number of fused-ring (bicyclic) bond motifs is 1. The standard InChI is InChI=1S/C20H21N3O2/c1-3-12-4-9-17-15(10-12)18(16(11-21)19(22)23-17)13-5-7-14(8-6-13)20(24)25-2/h5-8,12H,3-4,9-10H2,1-2H3,(H2,22,23). The van der Waals surface area contributed by atoms with E-state index in [1.54, 1.807) is 12.1 Å². The van der Waals surface area contributed by atoms with Gasteiger partial charge in [0.15, 0.2) is 0 Å². The van der Waals surface area contributed by atoms with Crippen LogP contribution in [0.2, 0.25) is 0 Å². The summed E-state index contributed by atoms with van der Waals surface area (Å²) in [5.41, 5.74) is 10.8. The van der Waals surface area contributed by atoms with E-state index in [2.05, 4.69) is 18.0 Å². The van der Waals surface area contributed by atoms with E-state index >= 15 is 0 Å². The van der Waals surface area contributed by atoms with Gasteiger partial charge < -0.3 is 10.5 Å². The molecule has 0 bridgehead atoms. The highest BCUT2D eigenvalue weighted by Crippen LogP contribution is 2.38. The SMILES string of the molecule is CCC1CCc2nc(N)c(C#N)c(-c3ccc(C(=O)OC)cc3)c2C1. The molecule has 0 radical (unpaired) electrons. The molecule has 25 heavy (non-hydrogen) atoms. The van der Waals surface area contributed by atoms with E-state index in [1.165, 1.54) is 7.11 Å². The number of rotatable bonds is 3. The molecule has 1 aromatic heterocycles. The molecule has 0 spiro atoms. The number of hydrogen-bond acceptors (Lipinski definition) is 5. The van der Waals surface area contributed by atoms with Crippen molar-refractivity contribution in [2.24, 2.45) is 5.92 Å². The van der Waals surface area contributed by atoms with Gasteiger partial charge in [0, 0.05) is 11.3 Å². The number of anilines is 1. The summed E-state index contributed by atoms with van der Waals surface area (Å²) in [7, 11) is 1.36. The summed E-state index contributed by atoms with van der Waals surface area (Å²) in [5, 5.41) is 9.62. The number of benzene rings is 1. The van der Waals surface area contributed by atoms with Crippen LogP contribution in [0.5, 0.6) is 0 Å². The number of esters is 1. The number of aryl methyl sites for hydroxylation is 1. The molecule has 3 rings (SSSR count). The zero-order chi connectivity index (χ0) is 18.0. The maximum absolute atomic E-state index is 11.6. The monoisotopic (exact) mass is 335 g/mol. The molecule has 1 aliphatic rings. The van der Waals surface area contributed by atoms with Crippen molar-refractivity contribution < 1.29 is 9.53 Å². The van der Waals surface area contributed by atoms with Crippen molar-refractivity contribution in [2.45, 2.75) is 32.6 Å². The summed E-state index contributed by atoms with van der Waals surface area (Å²) in [4.78, 5) is 16.1. The zero-order valence-corrected chi connectivity index (χ0v) is 14.5. The van der Waals surface area contributed by atoms with E-state index in [-0.39, 0.29) is 11.8 Å². The van der Waals surface area contributed by atoms with Crippen LogP contribution < -0.4 is 5.73 Å². The molecule has 2 aromatic rings. The third kappa shape index (κ3) is 3.08. The molecular formula is C20H21N3O2. The lowest BCUT2D eigenvalue weighted by Crippen LogP contribution is -2.18. The number of methoxy groups -OCH3 is 1. The first-order chi connectivity index (χ1) is 12.1. The van der Waals surface area contributed by atoms with E-state index in [1.807, 2.05) is 12.1 Å². The van der Waals surface area contributed by atoms with Gasteiger partial charge in [0.25, 0.3) is 0 Å². The molecule has 1 atom stereocenters. The van der Waals surface area contributed by atoms with Crippen molar-refractivity contribution >= 4 is 11.8 Å². The molecule has 5 nitrogen and oxygen atoms in total. The molecule has 2 N–H and O–H groups in total. The third-order valence-corrected chi connectivity index (χ3v) is 4.98. The number of carbonyl (C=O) groups is 1. The highest BCUT2D eigenvalue weighted by molar-refractivity contribution is 5.90. The first-order valence-electron chi connectivity index (χ1n) is 8.49. The molecule has 1 aliphatic carbocycles. The second kappa shape index (κ2) is 6.94. The van der Waals surface area contributed by atoms with Crippen molar-refractivity contribution in [2.75, 3.05) is 12.8 Å². The average molecular weight is 335 g/mol. The fourth-order valence-electron chi connectivity index (χ4n) is 3.52. The van der Waals surface area contributed by atoms with Gasteiger partial charge in [-0.2, -0.15) is 5.26 Å². The second-order valence-corrected chi connectivity index (χ2v) is 6.37. The summed E-state index contributed by atoms with van der Waals surface area (Å²) < 4.78 is 4.74. The van der Waals surface area contributed by atoms with E-state index in [0.717, 1.165) is 48.1 Å². The van der Waals surface area contributed by atoms with Gasteiger partial charge in [-0.3, -0.25) is 0 Å². The molecule has 1 heterocycles. The number of carbonyl (C=O) groups excluding carboxylic acids is 1. The lowest BCUT2D eigenvalue weighted by Gasteiger charge is -2.26. The van der Waals surface area contributed by atoms with Crippen LogP contribution in [0.3, 0.4) is 0 Å². The summed E-state index contributed by atoms with van der Waals surface area (Å²) >= 11 is 0. The van der Waals surface area contributed by atoms with Crippen molar-refractivity contribution in [3.8, 4) is 17.2 Å². The van der Waals surface area contributed by atoms with E-state index in [9.17, 15) is 10.1 Å². The minimum Gasteiger partial charge on any atom is -0.465 e. The van der Waals surface area contributed by atoms with Gasteiger partial charge in [-0.05, 0) is 48.4 Å². The maximum Gasteiger partial charge on any atom is 0.337 e. The Hall–Kier alpha value is -2.87. The minimum atomic E-state index is -0.380. The maximum atomic E-state index is 11.6. The lowest BCUT2D eigenvalue weighted by molar-refractivity contribution is 0.0601. The van der Waals surface area contributed by atoms with Crippen molar-refractivity contribution in [1.29, 1.82) is 5.26 Å². The fraction of sp³-hybridized carbons (Fsp3) is 0.350. The van der Waals surface area contributed by atoms with Crippen LogP contribution in [0.25, 0.3) is 11.1 Å². The van der Waals surface area contributed by atoms with Crippen LogP contribution in [0, 0.1) is 17.2 Å². The highest BCUT2D eigenvalue weighted by atomic mass is 16.5. The van der Waals surface area contributed by atoms with Crippen LogP contribution in [0.1, 0.15) is 46.9 Å². The average Bonchev–Trinajstić information content (AvgIpc) is 2.66.